The van der Waals surface area contributed by atoms with Crippen LogP contribution in [0.4, 0.5) is 0 Å². The zero-order valence-corrected chi connectivity index (χ0v) is 65.6. The molecule has 0 bridgehead atoms. The van der Waals surface area contributed by atoms with Crippen molar-refractivity contribution in [3.63, 3.8) is 0 Å². The van der Waals surface area contributed by atoms with Crippen LogP contribution in [0.3, 0.4) is 0 Å². The van der Waals surface area contributed by atoms with Gasteiger partial charge in [0.25, 0.3) is 0 Å². The first kappa shape index (κ1) is 89.9. The number of Topliss-reactive ketones (excluding diaryl/α,β-unsaturated/α-hetero) is 2. The number of aliphatic hydroxyl groups excluding tert-OH is 2. The Bertz CT molecular complexity index is 3270. The van der Waals surface area contributed by atoms with Gasteiger partial charge in [-0.2, -0.15) is 0 Å². The molecule has 4 aliphatic heterocycles. The Morgan fingerprint density at radius 3 is 1.82 bits per heavy atom. The molecule has 5 aliphatic rings. The van der Waals surface area contributed by atoms with Crippen LogP contribution in [0.5, 0.6) is 0 Å². The van der Waals surface area contributed by atoms with Gasteiger partial charge in [0, 0.05) is 55.4 Å². The molecule has 0 unspecified atom stereocenters. The van der Waals surface area contributed by atoms with Crippen LogP contribution in [0.1, 0.15) is 186 Å². The molecular formula is C71H118N16O18S2. The monoisotopic (exact) mass is 1550 g/mol. The van der Waals surface area contributed by atoms with E-state index in [4.69, 9.17) is 22.9 Å². The van der Waals surface area contributed by atoms with E-state index in [2.05, 4.69) is 47.5 Å². The molecular weight excluding hydrogens is 1430 g/mol. The van der Waals surface area contributed by atoms with Gasteiger partial charge >= 0.3 is 5.97 Å². The van der Waals surface area contributed by atoms with Gasteiger partial charge in [0.15, 0.2) is 17.5 Å². The van der Waals surface area contributed by atoms with Gasteiger partial charge < -0.3 is 95.5 Å². The molecule has 1 saturated carbocycles. The van der Waals surface area contributed by atoms with Crippen molar-refractivity contribution in [2.75, 3.05) is 45.1 Å². The number of carbonyl (C=O) groups excluding carboxylic acids is 14. The van der Waals surface area contributed by atoms with Crippen LogP contribution >= 0.6 is 21.6 Å². The van der Waals surface area contributed by atoms with E-state index in [-0.39, 0.29) is 82.8 Å². The first-order chi connectivity index (χ1) is 50.1. The molecule has 5 rings (SSSR count). The van der Waals surface area contributed by atoms with Gasteiger partial charge in [-0.15, -0.1) is 0 Å². The Kier molecular flexibility index (Phi) is 33.7. The summed E-state index contributed by atoms with van der Waals surface area (Å²) in [6, 6.07) is -16.9. The molecule has 36 heteroatoms. The number of carboxylic acids is 1. The second kappa shape index (κ2) is 40.1. The summed E-state index contributed by atoms with van der Waals surface area (Å²) in [5.41, 5.74) is 21.5. The number of likely N-dealkylation sites (tertiary alicyclic amines) is 1. The van der Waals surface area contributed by atoms with Crippen LogP contribution in [0.15, 0.2) is 4.99 Å². The van der Waals surface area contributed by atoms with Crippen molar-refractivity contribution in [3.05, 3.63) is 0 Å². The fraction of sp³-hybridized carbons (Fsp3) is 0.775. The third-order valence-electron chi connectivity index (χ3n) is 21.2. The van der Waals surface area contributed by atoms with Crippen molar-refractivity contribution in [2.45, 2.75) is 263 Å². The number of nitrogens with one attached hydrogen (secondary N) is 8. The van der Waals surface area contributed by atoms with Gasteiger partial charge in [0.2, 0.25) is 70.9 Å². The Balaban J connectivity index is 1.69. The van der Waals surface area contributed by atoms with Crippen molar-refractivity contribution in [1.82, 2.24) is 57.2 Å². The second-order valence-corrected chi connectivity index (χ2v) is 34.4. The Morgan fingerprint density at radius 2 is 1.27 bits per heavy atom. The standard InChI is InChI=1S/C71H118N16O18S2/c1-13-36(4)41-28-50(90)49-31-71(22-23-71)35-87(49)66(104)48-21-18-26-86(48)65(103)44(30-69(8,9)10)79-62(100)46(33-89)81-60(98)42(19-16-24-76-68(74)75)77-61(99)45(32-88)80-58(96)40(27-51(91)53(37(5)14-2)82-57(95)39(7)72)34-106-107-70(11,12)55(84-59(41)97)64(102)83-54(38(6)15-3)67(105)85-25-17-20-47(85)63(101)78-43(56(73)94)29-52(92)93/h36-49,53-55,88-89H,13-35,72H2,1-12H3,(H2,73,94)(H,77,99)(H,78,101)(H,79,100)(H,80,96)(H,81,98)(H,82,95)(H,83,102)(H,84,97)(H,92,93)(H4,74,75,76)/t36-,37-,38-,39-,40-,41-,42-,43-,44-,45-,46-,47-,48-,49-,53-,54-,55+/m0/s1. The topological polar surface area (TPSA) is 539 Å². The minimum Gasteiger partial charge on any atom is -0.481 e. The molecule has 19 N–H and O–H groups in total. The molecule has 0 aromatic rings. The van der Waals surface area contributed by atoms with Crippen LogP contribution in [-0.2, 0) is 71.9 Å². The molecule has 4 heterocycles. The fourth-order valence-electron chi connectivity index (χ4n) is 13.9. The molecule has 12 amide bonds. The van der Waals surface area contributed by atoms with Crippen molar-refractivity contribution >= 4 is 116 Å². The number of guanidine groups is 1. The van der Waals surface area contributed by atoms with Gasteiger partial charge in [-0.3, -0.25) is 76.9 Å². The highest BCUT2D eigenvalue weighted by molar-refractivity contribution is 8.77. The molecule has 0 aromatic heterocycles. The Morgan fingerprint density at radius 1 is 0.692 bits per heavy atom. The summed E-state index contributed by atoms with van der Waals surface area (Å²) in [4.78, 5) is 224. The summed E-state index contributed by atoms with van der Waals surface area (Å²) < 4.78 is -1.53. The molecule has 0 radical (unpaired) electrons. The third kappa shape index (κ3) is 25.2. The van der Waals surface area contributed by atoms with Crippen LogP contribution in [-0.4, -0.2) is 247 Å². The van der Waals surface area contributed by atoms with Gasteiger partial charge in [0.05, 0.1) is 43.7 Å². The lowest BCUT2D eigenvalue weighted by atomic mass is 9.84. The number of nitrogens with two attached hydrogens (primary N) is 4. The third-order valence-corrected chi connectivity index (χ3v) is 24.6. The summed E-state index contributed by atoms with van der Waals surface area (Å²) in [6.07, 6.45) is 1.45. The fourth-order valence-corrected chi connectivity index (χ4v) is 16.9. The van der Waals surface area contributed by atoms with Crippen LogP contribution in [0, 0.1) is 40.4 Å². The minimum atomic E-state index is -1.86. The predicted octanol–water partition coefficient (Wildman–Crippen LogP) is -1.53. The highest BCUT2D eigenvalue weighted by Gasteiger charge is 2.57. The lowest BCUT2D eigenvalue weighted by Gasteiger charge is -2.37. The van der Waals surface area contributed by atoms with Crippen LogP contribution in [0.25, 0.3) is 0 Å². The van der Waals surface area contributed by atoms with E-state index in [1.54, 1.807) is 48.5 Å². The van der Waals surface area contributed by atoms with E-state index in [0.717, 1.165) is 21.6 Å². The maximum absolute atomic E-state index is 15.7. The number of hydrogen-bond donors (Lipinski definition) is 15. The van der Waals surface area contributed by atoms with E-state index in [1.807, 2.05) is 27.7 Å². The minimum absolute atomic E-state index is 0.00387. The van der Waals surface area contributed by atoms with Crippen molar-refractivity contribution in [2.24, 2.45) is 68.3 Å². The normalized spacial score (nSPS) is 27.1. The average Bonchev–Trinajstić information content (AvgIpc) is 1.58. The first-order valence-electron chi connectivity index (χ1n) is 37.3. The molecule has 4 saturated heterocycles. The number of carboxylic acid groups (broad SMARTS) is 1. The highest BCUT2D eigenvalue weighted by Crippen LogP contribution is 2.55. The van der Waals surface area contributed by atoms with Crippen molar-refractivity contribution in [3.8, 4) is 0 Å². The largest absolute Gasteiger partial charge is 0.481 e. The highest BCUT2D eigenvalue weighted by atomic mass is 33.1. The van der Waals surface area contributed by atoms with Gasteiger partial charge in [-0.1, -0.05) is 103 Å². The number of aliphatic hydroxyl groups is 2. The van der Waals surface area contributed by atoms with Gasteiger partial charge in [-0.05, 0) is 114 Å². The second-order valence-electron chi connectivity index (χ2n) is 31.4. The number of rotatable bonds is 26. The number of nitrogens with zero attached hydrogens (tertiary/aromatic N) is 4. The zero-order chi connectivity index (χ0) is 80.3. The van der Waals surface area contributed by atoms with Crippen LogP contribution in [0.2, 0.25) is 0 Å². The smallest absolute Gasteiger partial charge is 0.305 e. The van der Waals surface area contributed by atoms with Gasteiger partial charge in [0.1, 0.15) is 54.4 Å². The number of primary amides is 1. The lowest BCUT2D eigenvalue weighted by molar-refractivity contribution is -0.148. The summed E-state index contributed by atoms with van der Waals surface area (Å²) in [5, 5.41) is 52.2. The number of hydrogen-bond acceptors (Lipinski definition) is 21. The van der Waals surface area contributed by atoms with E-state index < -0.39 is 239 Å². The molecule has 5 fully saturated rings. The number of ketones is 2. The van der Waals surface area contributed by atoms with E-state index in [1.165, 1.54) is 21.6 Å². The van der Waals surface area contributed by atoms with Crippen LogP contribution < -0.4 is 65.5 Å². The van der Waals surface area contributed by atoms with Gasteiger partial charge in [-0.25, -0.2) is 0 Å². The van der Waals surface area contributed by atoms with E-state index in [0.29, 0.717) is 38.5 Å². The number of aliphatic imine (C=N–C) groups is 1. The zero-order valence-electron chi connectivity index (χ0n) is 64.0. The Labute approximate surface area is 634 Å². The summed E-state index contributed by atoms with van der Waals surface area (Å²) >= 11 is 0. The molecule has 107 heavy (non-hydrogen) atoms. The van der Waals surface area contributed by atoms with Crippen molar-refractivity contribution in [1.29, 1.82) is 0 Å². The quantitative estimate of drug-likeness (QED) is 0.0202. The lowest BCUT2D eigenvalue weighted by Crippen LogP contribution is -2.62. The number of fused-ring (bicyclic) bond motifs is 2. The number of amides is 12. The maximum atomic E-state index is 15.7. The molecule has 602 valence electrons. The molecule has 1 aliphatic carbocycles. The van der Waals surface area contributed by atoms with E-state index in [9.17, 15) is 58.5 Å². The summed E-state index contributed by atoms with van der Waals surface area (Å²) in [6.45, 7) is 18.6. The van der Waals surface area contributed by atoms with E-state index >= 15 is 28.8 Å². The molecule has 0 aromatic carbocycles. The molecule has 34 nitrogen and oxygen atoms in total. The molecule has 1 spiro atoms. The number of aliphatic carboxylic acids is 1. The summed E-state index contributed by atoms with van der Waals surface area (Å²) in [5.74, 6) is -18.0. The average molecular weight is 1550 g/mol. The van der Waals surface area contributed by atoms with Crippen molar-refractivity contribution < 1.29 is 87.2 Å². The first-order valence-corrected chi connectivity index (χ1v) is 39.6. The predicted molar refractivity (Wildman–Crippen MR) is 399 cm³/mol. The summed E-state index contributed by atoms with van der Waals surface area (Å²) in [7, 11) is 1.91. The maximum Gasteiger partial charge on any atom is 0.305 e. The SMILES string of the molecule is CC[C@H](C)[C@@H]1CC(=O)[C@@H]2CC3(CC3)CN2C(=O)[C@@H]2CCCN2C(=O)[C@H](CC(C)(C)C)NC(=O)[C@H](CO)NC(=O)[C@H](CCCN=C(N)N)NC(=O)[C@H](CO)NC(=O)[C@@H](CC(=O)[C@@H](NC(=O)[C@H](C)N)[C@@H](C)CC)CSSC(C)(C)[C@@H](C(=O)N[C@H](C(=O)N2CCC[C@H]2C(=O)N[C@@H](CC(=O)O)C(N)=O)[C@@H](C)CC)NC1=O. The number of carbonyl (C=O) groups is 15. The Hall–Kier alpha value is -7.70. The molecule has 17 atom stereocenters.